The summed E-state index contributed by atoms with van der Waals surface area (Å²) in [6.07, 6.45) is -0.715. The Morgan fingerprint density at radius 1 is 1.50 bits per heavy atom. The number of rotatable bonds is 4. The van der Waals surface area contributed by atoms with Gasteiger partial charge in [0.15, 0.2) is 0 Å². The average molecular weight is 176 g/mol. The molecule has 0 heterocycles. The lowest BCUT2D eigenvalue weighted by Crippen LogP contribution is -2.35. The normalized spacial score (nSPS) is 8.83. The highest BCUT2D eigenvalue weighted by molar-refractivity contribution is 5.81. The van der Waals surface area contributed by atoms with Crippen LogP contribution >= 0.6 is 0 Å². The Kier molecular flexibility index (Phi) is 5.72. The fourth-order valence-electron chi connectivity index (χ4n) is 0.430. The van der Waals surface area contributed by atoms with Crippen LogP contribution in [0, 0.1) is 0 Å². The minimum Gasteiger partial charge on any atom is -0.447 e. The zero-order valence-electron chi connectivity index (χ0n) is 6.79. The quantitative estimate of drug-likeness (QED) is 0.484. The van der Waals surface area contributed by atoms with Crippen molar-refractivity contribution >= 4 is 12.0 Å². The van der Waals surface area contributed by atoms with E-state index in [1.54, 1.807) is 0 Å². The molecule has 0 unspecified atom stereocenters. The van der Waals surface area contributed by atoms with Crippen molar-refractivity contribution in [2.75, 3.05) is 26.8 Å². The molecular formula is C6H12N2O4. The van der Waals surface area contributed by atoms with Gasteiger partial charge in [-0.05, 0) is 0 Å². The molecule has 0 spiro atoms. The number of hydrogen-bond donors (Lipinski definition) is 3. The number of ether oxygens (including phenoxy) is 1. The van der Waals surface area contributed by atoms with Crippen LogP contribution in [-0.4, -0.2) is 43.9 Å². The lowest BCUT2D eigenvalue weighted by atomic mass is 10.6. The fraction of sp³-hybridized carbons (Fsp3) is 0.667. The van der Waals surface area contributed by atoms with Crippen LogP contribution in [0.5, 0.6) is 0 Å². The van der Waals surface area contributed by atoms with E-state index in [0.29, 0.717) is 0 Å². The van der Waals surface area contributed by atoms with E-state index in [1.165, 1.54) is 7.05 Å². The zero-order chi connectivity index (χ0) is 9.40. The summed E-state index contributed by atoms with van der Waals surface area (Å²) < 4.78 is 4.41. The smallest absolute Gasteiger partial charge is 0.407 e. The Morgan fingerprint density at radius 3 is 2.67 bits per heavy atom. The molecule has 0 saturated heterocycles. The van der Waals surface area contributed by atoms with Gasteiger partial charge >= 0.3 is 6.09 Å². The number of aliphatic hydroxyl groups excluding tert-OH is 1. The number of nitrogens with one attached hydrogen (secondary N) is 2. The van der Waals surface area contributed by atoms with E-state index in [1.807, 2.05) is 0 Å². The Balaban J connectivity index is 3.37. The molecule has 0 saturated carbocycles. The van der Waals surface area contributed by atoms with Gasteiger partial charge in [-0.25, -0.2) is 4.79 Å². The maximum atomic E-state index is 10.6. The maximum absolute atomic E-state index is 10.6. The highest BCUT2D eigenvalue weighted by Gasteiger charge is 2.02. The molecule has 0 aromatic carbocycles. The second-order valence-electron chi connectivity index (χ2n) is 1.89. The summed E-state index contributed by atoms with van der Waals surface area (Å²) in [6.45, 7) is -0.423. The van der Waals surface area contributed by atoms with Crippen LogP contribution < -0.4 is 10.6 Å². The van der Waals surface area contributed by atoms with Crippen LogP contribution in [0.15, 0.2) is 0 Å². The lowest BCUT2D eigenvalue weighted by molar-refractivity contribution is -0.119. The highest BCUT2D eigenvalue weighted by atomic mass is 16.6. The number of amides is 2. The van der Waals surface area contributed by atoms with Gasteiger partial charge in [-0.3, -0.25) is 4.79 Å². The van der Waals surface area contributed by atoms with Gasteiger partial charge in [0, 0.05) is 7.05 Å². The van der Waals surface area contributed by atoms with Crippen molar-refractivity contribution in [3.05, 3.63) is 0 Å². The minimum atomic E-state index is -0.715. The van der Waals surface area contributed by atoms with E-state index < -0.39 is 6.09 Å². The fourth-order valence-corrected chi connectivity index (χ4v) is 0.430. The molecule has 70 valence electrons. The first-order chi connectivity index (χ1) is 5.70. The van der Waals surface area contributed by atoms with Crippen molar-refractivity contribution in [2.24, 2.45) is 0 Å². The first-order valence-electron chi connectivity index (χ1n) is 3.42. The van der Waals surface area contributed by atoms with Gasteiger partial charge < -0.3 is 20.5 Å². The molecule has 3 N–H and O–H groups in total. The van der Waals surface area contributed by atoms with E-state index in [-0.39, 0.29) is 25.7 Å². The third-order valence-corrected chi connectivity index (χ3v) is 0.997. The maximum Gasteiger partial charge on any atom is 0.407 e. The van der Waals surface area contributed by atoms with Crippen LogP contribution in [0.3, 0.4) is 0 Å². The molecule has 0 radical (unpaired) electrons. The number of carbonyl (C=O) groups excluding carboxylic acids is 2. The van der Waals surface area contributed by atoms with Gasteiger partial charge in [-0.1, -0.05) is 0 Å². The van der Waals surface area contributed by atoms with Crippen molar-refractivity contribution in [2.45, 2.75) is 0 Å². The van der Waals surface area contributed by atoms with Crippen LogP contribution in [0.2, 0.25) is 0 Å². The van der Waals surface area contributed by atoms with Crippen molar-refractivity contribution in [1.82, 2.24) is 10.6 Å². The number of hydrogen-bond acceptors (Lipinski definition) is 4. The van der Waals surface area contributed by atoms with E-state index in [9.17, 15) is 9.59 Å². The van der Waals surface area contributed by atoms with E-state index in [4.69, 9.17) is 5.11 Å². The summed E-state index contributed by atoms with van der Waals surface area (Å²) in [7, 11) is 1.46. The molecular weight excluding hydrogens is 164 g/mol. The monoisotopic (exact) mass is 176 g/mol. The molecule has 6 nitrogen and oxygen atoms in total. The predicted octanol–water partition coefficient (Wildman–Crippen LogP) is -1.55. The Hall–Kier alpha value is -1.30. The van der Waals surface area contributed by atoms with Crippen molar-refractivity contribution in [1.29, 1.82) is 0 Å². The summed E-state index contributed by atoms with van der Waals surface area (Å²) in [5.41, 5.74) is 0. The van der Waals surface area contributed by atoms with Crippen LogP contribution in [-0.2, 0) is 9.53 Å². The second-order valence-corrected chi connectivity index (χ2v) is 1.89. The third kappa shape index (κ3) is 5.48. The Bertz CT molecular complexity index is 160. The number of aliphatic hydroxyl groups is 1. The summed E-state index contributed by atoms with van der Waals surface area (Å²) in [6, 6.07) is 0. The summed E-state index contributed by atoms with van der Waals surface area (Å²) >= 11 is 0. The van der Waals surface area contributed by atoms with Crippen molar-refractivity contribution in [3.8, 4) is 0 Å². The lowest BCUT2D eigenvalue weighted by Gasteiger charge is -2.03. The molecule has 0 aliphatic carbocycles. The second kappa shape index (κ2) is 6.41. The van der Waals surface area contributed by atoms with Gasteiger partial charge in [0.05, 0.1) is 13.2 Å². The van der Waals surface area contributed by atoms with E-state index >= 15 is 0 Å². The first kappa shape index (κ1) is 10.7. The van der Waals surface area contributed by atoms with Crippen LogP contribution in [0.25, 0.3) is 0 Å². The topological polar surface area (TPSA) is 87.7 Å². The van der Waals surface area contributed by atoms with E-state index in [0.717, 1.165) is 0 Å². The van der Waals surface area contributed by atoms with Crippen LogP contribution in [0.1, 0.15) is 0 Å². The molecule has 0 aliphatic rings. The predicted molar refractivity (Wildman–Crippen MR) is 40.5 cm³/mol. The number of carbonyl (C=O) groups is 2. The summed E-state index contributed by atoms with van der Waals surface area (Å²) in [5, 5.41) is 12.8. The van der Waals surface area contributed by atoms with Gasteiger partial charge in [0.2, 0.25) is 5.91 Å². The molecule has 0 rings (SSSR count). The van der Waals surface area contributed by atoms with Crippen molar-refractivity contribution in [3.63, 3.8) is 0 Å². The van der Waals surface area contributed by atoms with Crippen molar-refractivity contribution < 1.29 is 19.4 Å². The highest BCUT2D eigenvalue weighted by Crippen LogP contribution is 1.75. The summed E-state index contributed by atoms with van der Waals surface area (Å²) in [5.74, 6) is -0.309. The van der Waals surface area contributed by atoms with Gasteiger partial charge in [-0.15, -0.1) is 0 Å². The van der Waals surface area contributed by atoms with Crippen LogP contribution in [0.4, 0.5) is 4.79 Å². The van der Waals surface area contributed by atoms with Gasteiger partial charge in [-0.2, -0.15) is 0 Å². The molecule has 2 amide bonds. The zero-order valence-corrected chi connectivity index (χ0v) is 6.79. The molecule has 0 aliphatic heterocycles. The van der Waals surface area contributed by atoms with E-state index in [2.05, 4.69) is 15.4 Å². The Morgan fingerprint density at radius 2 is 2.17 bits per heavy atom. The molecule has 0 atom stereocenters. The number of likely N-dealkylation sites (N-methyl/N-ethyl adjacent to an activating group) is 1. The molecule has 6 heteroatoms. The minimum absolute atomic E-state index is 0.0699. The molecule has 0 fully saturated rings. The van der Waals surface area contributed by atoms with Gasteiger partial charge in [0.1, 0.15) is 6.61 Å². The van der Waals surface area contributed by atoms with Gasteiger partial charge in [0.25, 0.3) is 0 Å². The molecule has 12 heavy (non-hydrogen) atoms. The average Bonchev–Trinajstić information content (AvgIpc) is 2.10. The Labute approximate surface area is 69.9 Å². The first-order valence-corrected chi connectivity index (χ1v) is 3.42. The SMILES string of the molecule is CNC(=O)CNC(=O)OCCO. The molecule has 0 aromatic rings. The third-order valence-electron chi connectivity index (χ3n) is 0.997. The summed E-state index contributed by atoms with van der Waals surface area (Å²) in [4.78, 5) is 21.2. The largest absolute Gasteiger partial charge is 0.447 e. The standard InChI is InChI=1S/C6H12N2O4/c1-7-5(10)4-8-6(11)12-3-2-9/h9H,2-4H2,1H3,(H,7,10)(H,8,11). The number of alkyl carbamates (subject to hydrolysis) is 1. The molecule has 0 aromatic heterocycles. The molecule has 0 bridgehead atoms.